The molecule has 0 aliphatic carbocycles. The van der Waals surface area contributed by atoms with Gasteiger partial charge in [0.25, 0.3) is 0 Å². The molecule has 1 heterocycles. The summed E-state index contributed by atoms with van der Waals surface area (Å²) in [5.74, 6) is 0. The maximum absolute atomic E-state index is 12.1. The van der Waals surface area contributed by atoms with Crippen LogP contribution >= 0.6 is 0 Å². The van der Waals surface area contributed by atoms with E-state index in [1.54, 1.807) is 0 Å². The third-order valence-electron chi connectivity index (χ3n) is 3.90. The molecule has 110 valence electrons. The highest BCUT2D eigenvalue weighted by Gasteiger charge is 2.21. The first-order valence-electron chi connectivity index (χ1n) is 7.38. The normalized spacial score (nSPS) is 16.5. The molecule has 4 heteroatoms. The zero-order valence-corrected chi connectivity index (χ0v) is 12.7. The number of benzene rings is 1. The highest BCUT2D eigenvalue weighted by atomic mass is 16.2. The SMILES string of the molecule is Cc1ccc(CNC(=O)N2CCN(C(C)C)CC2)cc1. The van der Waals surface area contributed by atoms with Crippen LogP contribution in [0, 0.1) is 6.92 Å². The second-order valence-corrected chi connectivity index (χ2v) is 5.76. The average molecular weight is 275 g/mol. The summed E-state index contributed by atoms with van der Waals surface area (Å²) in [6.07, 6.45) is 0. The first-order chi connectivity index (χ1) is 9.56. The Morgan fingerprint density at radius 3 is 2.30 bits per heavy atom. The summed E-state index contributed by atoms with van der Waals surface area (Å²) in [5, 5.41) is 3.00. The molecular weight excluding hydrogens is 250 g/mol. The number of amides is 2. The lowest BCUT2D eigenvalue weighted by atomic mass is 10.1. The Morgan fingerprint density at radius 1 is 1.15 bits per heavy atom. The van der Waals surface area contributed by atoms with Crippen molar-refractivity contribution in [1.82, 2.24) is 15.1 Å². The Kier molecular flexibility index (Phi) is 5.01. The van der Waals surface area contributed by atoms with E-state index in [1.165, 1.54) is 5.56 Å². The maximum Gasteiger partial charge on any atom is 0.317 e. The van der Waals surface area contributed by atoms with Gasteiger partial charge in [0.2, 0.25) is 0 Å². The number of carbonyl (C=O) groups excluding carboxylic acids is 1. The summed E-state index contributed by atoms with van der Waals surface area (Å²) in [4.78, 5) is 16.4. The fraction of sp³-hybridized carbons (Fsp3) is 0.562. The lowest BCUT2D eigenvalue weighted by Gasteiger charge is -2.36. The van der Waals surface area contributed by atoms with Crippen LogP contribution in [0.2, 0.25) is 0 Å². The van der Waals surface area contributed by atoms with Crippen molar-refractivity contribution in [3.8, 4) is 0 Å². The molecule has 1 aromatic rings. The molecule has 0 aromatic heterocycles. The largest absolute Gasteiger partial charge is 0.334 e. The molecule has 1 aliphatic heterocycles. The van der Waals surface area contributed by atoms with Gasteiger partial charge in [0.15, 0.2) is 0 Å². The van der Waals surface area contributed by atoms with E-state index in [0.29, 0.717) is 12.6 Å². The monoisotopic (exact) mass is 275 g/mol. The summed E-state index contributed by atoms with van der Waals surface area (Å²) in [5.41, 5.74) is 2.38. The quantitative estimate of drug-likeness (QED) is 0.918. The first kappa shape index (κ1) is 14.9. The summed E-state index contributed by atoms with van der Waals surface area (Å²) >= 11 is 0. The van der Waals surface area contributed by atoms with Gasteiger partial charge in [-0.3, -0.25) is 4.90 Å². The van der Waals surface area contributed by atoms with Crippen molar-refractivity contribution in [2.45, 2.75) is 33.4 Å². The molecule has 0 radical (unpaired) electrons. The minimum absolute atomic E-state index is 0.0500. The highest BCUT2D eigenvalue weighted by molar-refractivity contribution is 5.74. The van der Waals surface area contributed by atoms with E-state index in [0.717, 1.165) is 31.7 Å². The number of urea groups is 1. The van der Waals surface area contributed by atoms with Crippen LogP contribution < -0.4 is 5.32 Å². The van der Waals surface area contributed by atoms with Gasteiger partial charge in [-0.05, 0) is 26.3 Å². The third-order valence-corrected chi connectivity index (χ3v) is 3.90. The van der Waals surface area contributed by atoms with E-state index in [9.17, 15) is 4.79 Å². The van der Waals surface area contributed by atoms with Gasteiger partial charge in [-0.1, -0.05) is 29.8 Å². The Morgan fingerprint density at radius 2 is 1.75 bits per heavy atom. The number of hydrogen-bond acceptors (Lipinski definition) is 2. The molecule has 0 atom stereocenters. The van der Waals surface area contributed by atoms with Gasteiger partial charge in [-0.15, -0.1) is 0 Å². The number of piperazine rings is 1. The van der Waals surface area contributed by atoms with E-state index in [-0.39, 0.29) is 6.03 Å². The zero-order chi connectivity index (χ0) is 14.5. The summed E-state index contributed by atoms with van der Waals surface area (Å²) in [6, 6.07) is 8.88. The van der Waals surface area contributed by atoms with Gasteiger partial charge in [-0.2, -0.15) is 0 Å². The van der Waals surface area contributed by atoms with Crippen molar-refractivity contribution < 1.29 is 4.79 Å². The van der Waals surface area contributed by atoms with E-state index in [4.69, 9.17) is 0 Å². The van der Waals surface area contributed by atoms with Gasteiger partial charge in [0.1, 0.15) is 0 Å². The van der Waals surface area contributed by atoms with E-state index in [1.807, 2.05) is 4.90 Å². The predicted octanol–water partition coefficient (Wildman–Crippen LogP) is 2.23. The lowest BCUT2D eigenvalue weighted by Crippen LogP contribution is -2.53. The van der Waals surface area contributed by atoms with Crippen LogP contribution in [0.3, 0.4) is 0 Å². The van der Waals surface area contributed by atoms with Crippen LogP contribution in [0.1, 0.15) is 25.0 Å². The number of hydrogen-bond donors (Lipinski definition) is 1. The number of aryl methyl sites for hydroxylation is 1. The minimum atomic E-state index is 0.0500. The molecule has 0 saturated carbocycles. The number of carbonyl (C=O) groups is 1. The molecule has 0 spiro atoms. The molecule has 0 bridgehead atoms. The Hall–Kier alpha value is -1.55. The molecule has 2 rings (SSSR count). The van der Waals surface area contributed by atoms with Crippen LogP contribution in [-0.2, 0) is 6.54 Å². The molecule has 2 amide bonds. The zero-order valence-electron chi connectivity index (χ0n) is 12.7. The first-order valence-corrected chi connectivity index (χ1v) is 7.38. The van der Waals surface area contributed by atoms with Crippen LogP contribution in [-0.4, -0.2) is 48.1 Å². The Balaban J connectivity index is 1.77. The van der Waals surface area contributed by atoms with Crippen molar-refractivity contribution in [2.75, 3.05) is 26.2 Å². The average Bonchev–Trinajstić information content (AvgIpc) is 2.46. The van der Waals surface area contributed by atoms with Crippen molar-refractivity contribution in [2.24, 2.45) is 0 Å². The van der Waals surface area contributed by atoms with Crippen molar-refractivity contribution in [3.63, 3.8) is 0 Å². The molecule has 1 aromatic carbocycles. The standard InChI is InChI=1S/C16H25N3O/c1-13(2)18-8-10-19(11-9-18)16(20)17-12-15-6-4-14(3)5-7-15/h4-7,13H,8-12H2,1-3H3,(H,17,20). The predicted molar refractivity (Wildman–Crippen MR) is 81.7 cm³/mol. The van der Waals surface area contributed by atoms with Crippen LogP contribution in [0.4, 0.5) is 4.79 Å². The summed E-state index contributed by atoms with van der Waals surface area (Å²) < 4.78 is 0. The van der Waals surface area contributed by atoms with Gasteiger partial charge >= 0.3 is 6.03 Å². The second-order valence-electron chi connectivity index (χ2n) is 5.76. The molecule has 1 saturated heterocycles. The molecule has 1 fully saturated rings. The number of nitrogens with zero attached hydrogens (tertiary/aromatic N) is 2. The summed E-state index contributed by atoms with van der Waals surface area (Å²) in [6.45, 7) is 10.6. The fourth-order valence-electron chi connectivity index (χ4n) is 2.44. The Bertz CT molecular complexity index is 434. The van der Waals surface area contributed by atoms with Gasteiger partial charge < -0.3 is 10.2 Å². The van der Waals surface area contributed by atoms with E-state index < -0.39 is 0 Å². The lowest BCUT2D eigenvalue weighted by molar-refractivity contribution is 0.119. The fourth-order valence-corrected chi connectivity index (χ4v) is 2.44. The smallest absolute Gasteiger partial charge is 0.317 e. The second kappa shape index (κ2) is 6.75. The van der Waals surface area contributed by atoms with Crippen LogP contribution in [0.15, 0.2) is 24.3 Å². The van der Waals surface area contributed by atoms with E-state index in [2.05, 4.69) is 55.3 Å². The minimum Gasteiger partial charge on any atom is -0.334 e. The van der Waals surface area contributed by atoms with Crippen LogP contribution in [0.5, 0.6) is 0 Å². The topological polar surface area (TPSA) is 35.6 Å². The van der Waals surface area contributed by atoms with Crippen molar-refractivity contribution in [3.05, 3.63) is 35.4 Å². The molecule has 0 unspecified atom stereocenters. The maximum atomic E-state index is 12.1. The molecule has 4 nitrogen and oxygen atoms in total. The summed E-state index contributed by atoms with van der Waals surface area (Å²) in [7, 11) is 0. The van der Waals surface area contributed by atoms with Gasteiger partial charge in [0.05, 0.1) is 0 Å². The van der Waals surface area contributed by atoms with Crippen molar-refractivity contribution in [1.29, 1.82) is 0 Å². The molecule has 20 heavy (non-hydrogen) atoms. The number of nitrogens with one attached hydrogen (secondary N) is 1. The number of rotatable bonds is 3. The van der Waals surface area contributed by atoms with Crippen molar-refractivity contribution >= 4 is 6.03 Å². The van der Waals surface area contributed by atoms with Crippen LogP contribution in [0.25, 0.3) is 0 Å². The third kappa shape index (κ3) is 3.97. The Labute approximate surface area is 121 Å². The van der Waals surface area contributed by atoms with E-state index >= 15 is 0 Å². The molecule has 1 N–H and O–H groups in total. The molecule has 1 aliphatic rings. The van der Waals surface area contributed by atoms with Gasteiger partial charge in [-0.25, -0.2) is 4.79 Å². The van der Waals surface area contributed by atoms with Gasteiger partial charge in [0, 0.05) is 38.8 Å². The molecular formula is C16H25N3O. The highest BCUT2D eigenvalue weighted by Crippen LogP contribution is 2.07.